The van der Waals surface area contributed by atoms with Crippen molar-refractivity contribution in [2.24, 2.45) is 0 Å². The number of hydrogen-bond acceptors (Lipinski definition) is 3. The van der Waals surface area contributed by atoms with E-state index in [1.54, 1.807) is 18.3 Å². The van der Waals surface area contributed by atoms with Crippen LogP contribution in [0.25, 0.3) is 0 Å². The molecule has 2 N–H and O–H groups in total. The van der Waals surface area contributed by atoms with Crippen LogP contribution in [0.3, 0.4) is 0 Å². The Morgan fingerprint density at radius 3 is 2.95 bits per heavy atom. The van der Waals surface area contributed by atoms with Crippen molar-refractivity contribution in [2.45, 2.75) is 44.9 Å². The SMILES string of the molecule is CC1(C)CC(NC(=O)c2cccn2CC(=O)O)CCO1. The molecule has 1 saturated heterocycles. The van der Waals surface area contributed by atoms with Crippen LogP contribution in [0.2, 0.25) is 0 Å². The third kappa shape index (κ3) is 3.60. The Morgan fingerprint density at radius 2 is 2.30 bits per heavy atom. The van der Waals surface area contributed by atoms with Crippen LogP contribution in [-0.2, 0) is 16.1 Å². The molecular formula is C14H20N2O4. The fourth-order valence-corrected chi connectivity index (χ4v) is 2.52. The maximum Gasteiger partial charge on any atom is 0.323 e. The van der Waals surface area contributed by atoms with Crippen molar-refractivity contribution in [3.05, 3.63) is 24.0 Å². The van der Waals surface area contributed by atoms with Gasteiger partial charge in [0.2, 0.25) is 0 Å². The molecule has 0 aromatic carbocycles. The summed E-state index contributed by atoms with van der Waals surface area (Å²) in [6.07, 6.45) is 3.12. The van der Waals surface area contributed by atoms with Gasteiger partial charge in [-0.3, -0.25) is 9.59 Å². The minimum atomic E-state index is -0.970. The highest BCUT2D eigenvalue weighted by molar-refractivity contribution is 5.93. The van der Waals surface area contributed by atoms with Crippen molar-refractivity contribution in [2.75, 3.05) is 6.61 Å². The smallest absolute Gasteiger partial charge is 0.323 e. The van der Waals surface area contributed by atoms with Gasteiger partial charge in [-0.2, -0.15) is 0 Å². The first-order valence-corrected chi connectivity index (χ1v) is 6.69. The molecule has 1 fully saturated rings. The van der Waals surface area contributed by atoms with E-state index in [1.165, 1.54) is 4.57 Å². The number of ether oxygens (including phenoxy) is 1. The molecule has 0 radical (unpaired) electrons. The number of rotatable bonds is 4. The molecule has 2 rings (SSSR count). The lowest BCUT2D eigenvalue weighted by molar-refractivity contribution is -0.137. The zero-order valence-electron chi connectivity index (χ0n) is 11.8. The van der Waals surface area contributed by atoms with Gasteiger partial charge in [-0.25, -0.2) is 0 Å². The zero-order valence-corrected chi connectivity index (χ0v) is 11.8. The summed E-state index contributed by atoms with van der Waals surface area (Å²) in [5.41, 5.74) is 0.135. The van der Waals surface area contributed by atoms with E-state index in [9.17, 15) is 9.59 Å². The Kier molecular flexibility index (Phi) is 4.13. The summed E-state index contributed by atoms with van der Waals surface area (Å²) in [5.74, 6) is -1.21. The third-order valence-electron chi connectivity index (χ3n) is 3.40. The summed E-state index contributed by atoms with van der Waals surface area (Å²) in [6.45, 7) is 4.40. The van der Waals surface area contributed by atoms with Gasteiger partial charge < -0.3 is 19.7 Å². The van der Waals surface area contributed by atoms with E-state index in [1.807, 2.05) is 13.8 Å². The Hall–Kier alpha value is -1.82. The molecule has 1 amide bonds. The van der Waals surface area contributed by atoms with Crippen molar-refractivity contribution < 1.29 is 19.4 Å². The highest BCUT2D eigenvalue weighted by Crippen LogP contribution is 2.24. The number of nitrogens with zero attached hydrogens (tertiary/aromatic N) is 1. The summed E-state index contributed by atoms with van der Waals surface area (Å²) in [7, 11) is 0. The average Bonchev–Trinajstić information content (AvgIpc) is 2.74. The first-order valence-electron chi connectivity index (χ1n) is 6.69. The second kappa shape index (κ2) is 5.66. The lowest BCUT2D eigenvalue weighted by atomic mass is 9.94. The van der Waals surface area contributed by atoms with E-state index < -0.39 is 5.97 Å². The first-order chi connectivity index (χ1) is 9.37. The average molecular weight is 280 g/mol. The molecule has 0 aliphatic carbocycles. The molecular weight excluding hydrogens is 260 g/mol. The molecule has 0 saturated carbocycles. The monoisotopic (exact) mass is 280 g/mol. The predicted octanol–water partition coefficient (Wildman–Crippen LogP) is 1.26. The second-order valence-electron chi connectivity index (χ2n) is 5.69. The quantitative estimate of drug-likeness (QED) is 0.870. The predicted molar refractivity (Wildman–Crippen MR) is 72.6 cm³/mol. The van der Waals surface area contributed by atoms with Crippen molar-refractivity contribution in [3.63, 3.8) is 0 Å². The van der Waals surface area contributed by atoms with Crippen LogP contribution >= 0.6 is 0 Å². The van der Waals surface area contributed by atoms with Crippen LogP contribution in [0.1, 0.15) is 37.2 Å². The summed E-state index contributed by atoms with van der Waals surface area (Å²) in [5, 5.41) is 11.8. The number of hydrogen-bond donors (Lipinski definition) is 2. The van der Waals surface area contributed by atoms with Crippen LogP contribution < -0.4 is 5.32 Å². The standard InChI is InChI=1S/C14H20N2O4/c1-14(2)8-10(5-7-20-14)15-13(19)11-4-3-6-16(11)9-12(17)18/h3-4,6,10H,5,7-9H2,1-2H3,(H,15,19)(H,17,18). The van der Waals surface area contributed by atoms with Gasteiger partial charge in [-0.1, -0.05) is 0 Å². The molecule has 1 aromatic rings. The molecule has 1 aliphatic heterocycles. The fourth-order valence-electron chi connectivity index (χ4n) is 2.52. The topological polar surface area (TPSA) is 80.6 Å². The molecule has 2 heterocycles. The number of aromatic nitrogens is 1. The normalized spacial score (nSPS) is 21.4. The third-order valence-corrected chi connectivity index (χ3v) is 3.40. The van der Waals surface area contributed by atoms with Crippen molar-refractivity contribution in [3.8, 4) is 0 Å². The highest BCUT2D eigenvalue weighted by Gasteiger charge is 2.30. The van der Waals surface area contributed by atoms with Crippen molar-refractivity contribution in [1.82, 2.24) is 9.88 Å². The van der Waals surface area contributed by atoms with E-state index in [0.717, 1.165) is 12.8 Å². The number of carbonyl (C=O) groups excluding carboxylic acids is 1. The van der Waals surface area contributed by atoms with Crippen LogP contribution in [0, 0.1) is 0 Å². The molecule has 6 nitrogen and oxygen atoms in total. The Morgan fingerprint density at radius 1 is 1.55 bits per heavy atom. The minimum absolute atomic E-state index is 0.0550. The molecule has 110 valence electrons. The van der Waals surface area contributed by atoms with E-state index in [-0.39, 0.29) is 24.1 Å². The second-order valence-corrected chi connectivity index (χ2v) is 5.69. The van der Waals surface area contributed by atoms with Gasteiger partial charge >= 0.3 is 5.97 Å². The molecule has 20 heavy (non-hydrogen) atoms. The van der Waals surface area contributed by atoms with E-state index >= 15 is 0 Å². The van der Waals surface area contributed by atoms with Gasteiger partial charge in [-0.05, 0) is 38.8 Å². The molecule has 1 unspecified atom stereocenters. The summed E-state index contributed by atoms with van der Waals surface area (Å²) < 4.78 is 7.04. The summed E-state index contributed by atoms with van der Waals surface area (Å²) >= 11 is 0. The van der Waals surface area contributed by atoms with E-state index in [0.29, 0.717) is 12.3 Å². The Bertz CT molecular complexity index is 507. The zero-order chi connectivity index (χ0) is 14.8. The van der Waals surface area contributed by atoms with Crippen molar-refractivity contribution >= 4 is 11.9 Å². The molecule has 0 spiro atoms. The van der Waals surface area contributed by atoms with Crippen LogP contribution in [0.4, 0.5) is 0 Å². The maximum absolute atomic E-state index is 12.2. The van der Waals surface area contributed by atoms with Crippen LogP contribution in [0.15, 0.2) is 18.3 Å². The minimum Gasteiger partial charge on any atom is -0.480 e. The number of nitrogens with one attached hydrogen (secondary N) is 1. The van der Waals surface area contributed by atoms with Gasteiger partial charge in [0.05, 0.1) is 5.60 Å². The van der Waals surface area contributed by atoms with Crippen LogP contribution in [-0.4, -0.2) is 39.8 Å². The van der Waals surface area contributed by atoms with Gasteiger partial charge in [0.15, 0.2) is 0 Å². The number of carboxylic acids is 1. The first kappa shape index (κ1) is 14.6. The lowest BCUT2D eigenvalue weighted by Crippen LogP contribution is -2.46. The van der Waals surface area contributed by atoms with Crippen molar-refractivity contribution in [1.29, 1.82) is 0 Å². The molecule has 0 bridgehead atoms. The number of amides is 1. The molecule has 1 aliphatic rings. The van der Waals surface area contributed by atoms with Gasteiger partial charge in [0.25, 0.3) is 5.91 Å². The van der Waals surface area contributed by atoms with E-state index in [4.69, 9.17) is 9.84 Å². The molecule has 1 aromatic heterocycles. The van der Waals surface area contributed by atoms with Gasteiger partial charge in [0.1, 0.15) is 12.2 Å². The Balaban J connectivity index is 2.01. The largest absolute Gasteiger partial charge is 0.480 e. The fraction of sp³-hybridized carbons (Fsp3) is 0.571. The Labute approximate surface area is 117 Å². The maximum atomic E-state index is 12.2. The highest BCUT2D eigenvalue weighted by atomic mass is 16.5. The summed E-state index contributed by atoms with van der Waals surface area (Å²) in [6, 6.07) is 3.36. The van der Waals surface area contributed by atoms with E-state index in [2.05, 4.69) is 5.32 Å². The number of aliphatic carboxylic acids is 1. The van der Waals surface area contributed by atoms with Gasteiger partial charge in [-0.15, -0.1) is 0 Å². The lowest BCUT2D eigenvalue weighted by Gasteiger charge is -2.35. The molecule has 6 heteroatoms. The number of carboxylic acid groups (broad SMARTS) is 1. The summed E-state index contributed by atoms with van der Waals surface area (Å²) in [4.78, 5) is 23.0. The molecule has 1 atom stereocenters. The van der Waals surface area contributed by atoms with Crippen LogP contribution in [0.5, 0.6) is 0 Å². The number of carbonyl (C=O) groups is 2. The van der Waals surface area contributed by atoms with Gasteiger partial charge in [0, 0.05) is 18.8 Å².